The number of hydrogen-bond donors (Lipinski definition) is 1. The van der Waals surface area contributed by atoms with Gasteiger partial charge in [0.05, 0.1) is 25.0 Å². The normalized spacial score (nSPS) is 19.5. The van der Waals surface area contributed by atoms with Crippen LogP contribution in [0.3, 0.4) is 0 Å². The van der Waals surface area contributed by atoms with Crippen LogP contribution in [0, 0.1) is 0 Å². The molecule has 1 N–H and O–H groups in total. The molecule has 0 spiro atoms. The summed E-state index contributed by atoms with van der Waals surface area (Å²) < 4.78 is 40.3. The van der Waals surface area contributed by atoms with Gasteiger partial charge >= 0.3 is 0 Å². The molecule has 1 aliphatic carbocycles. The van der Waals surface area contributed by atoms with Crippen LogP contribution in [0.15, 0.2) is 10.9 Å². The number of alkyl halides is 1. The minimum Gasteiger partial charge on any atom is -0.331 e. The number of rotatable bonds is 4. The van der Waals surface area contributed by atoms with Gasteiger partial charge in [0.15, 0.2) is 5.67 Å². The SMILES string of the molecule is CS(=O)(=O)NCc1cc(=O)n2c(n1)CN(C(=O)C1(F)CCC1)CC2. The van der Waals surface area contributed by atoms with Gasteiger partial charge in [0.25, 0.3) is 11.5 Å². The molecule has 0 bridgehead atoms. The van der Waals surface area contributed by atoms with Gasteiger partial charge in [-0.15, -0.1) is 0 Å². The van der Waals surface area contributed by atoms with Crippen molar-refractivity contribution >= 4 is 15.9 Å². The summed E-state index contributed by atoms with van der Waals surface area (Å²) in [5.74, 6) is -0.204. The molecule has 0 aromatic carbocycles. The first kappa shape index (κ1) is 17.0. The first-order chi connectivity index (χ1) is 11.2. The number of nitrogens with one attached hydrogen (secondary N) is 1. The zero-order chi connectivity index (χ0) is 17.5. The van der Waals surface area contributed by atoms with Gasteiger partial charge in [-0.25, -0.2) is 22.5 Å². The average molecular weight is 358 g/mol. The van der Waals surface area contributed by atoms with Crippen LogP contribution in [0.4, 0.5) is 4.39 Å². The molecule has 10 heteroatoms. The van der Waals surface area contributed by atoms with Crippen LogP contribution in [0.5, 0.6) is 0 Å². The van der Waals surface area contributed by atoms with Gasteiger partial charge in [-0.2, -0.15) is 0 Å². The quantitative estimate of drug-likeness (QED) is 0.784. The highest BCUT2D eigenvalue weighted by molar-refractivity contribution is 7.88. The van der Waals surface area contributed by atoms with E-state index in [1.54, 1.807) is 0 Å². The monoisotopic (exact) mass is 358 g/mol. The second-order valence-electron chi connectivity index (χ2n) is 6.29. The van der Waals surface area contributed by atoms with Gasteiger partial charge < -0.3 is 4.90 Å². The van der Waals surface area contributed by atoms with Gasteiger partial charge in [0, 0.05) is 19.2 Å². The van der Waals surface area contributed by atoms with Crippen molar-refractivity contribution in [3.63, 3.8) is 0 Å². The Bertz CT molecular complexity index is 832. The fraction of sp³-hybridized carbons (Fsp3) is 0.643. The molecule has 1 fully saturated rings. The lowest BCUT2D eigenvalue weighted by molar-refractivity contribution is -0.151. The molecule has 0 atom stereocenters. The highest BCUT2D eigenvalue weighted by Gasteiger charge is 2.47. The smallest absolute Gasteiger partial charge is 0.260 e. The minimum atomic E-state index is -3.41. The van der Waals surface area contributed by atoms with Crippen LogP contribution in [-0.4, -0.2) is 47.2 Å². The van der Waals surface area contributed by atoms with E-state index in [4.69, 9.17) is 0 Å². The largest absolute Gasteiger partial charge is 0.331 e. The van der Waals surface area contributed by atoms with Crippen molar-refractivity contribution in [1.29, 1.82) is 0 Å². The Labute approximate surface area is 138 Å². The van der Waals surface area contributed by atoms with E-state index in [9.17, 15) is 22.4 Å². The third kappa shape index (κ3) is 3.34. The Morgan fingerprint density at radius 3 is 2.71 bits per heavy atom. The number of sulfonamides is 1. The van der Waals surface area contributed by atoms with Crippen molar-refractivity contribution in [2.24, 2.45) is 0 Å². The van der Waals surface area contributed by atoms with E-state index >= 15 is 0 Å². The van der Waals surface area contributed by atoms with Gasteiger partial charge in [0.1, 0.15) is 5.82 Å². The predicted octanol–water partition coefficient (Wildman–Crippen LogP) is -0.473. The second-order valence-corrected chi connectivity index (χ2v) is 8.13. The first-order valence-electron chi connectivity index (χ1n) is 7.70. The van der Waals surface area contributed by atoms with Crippen LogP contribution >= 0.6 is 0 Å². The molecule has 2 heterocycles. The third-order valence-corrected chi connectivity index (χ3v) is 5.07. The minimum absolute atomic E-state index is 0.0481. The summed E-state index contributed by atoms with van der Waals surface area (Å²) in [5.41, 5.74) is -1.82. The number of hydrogen-bond acceptors (Lipinski definition) is 5. The maximum Gasteiger partial charge on any atom is 0.260 e. The van der Waals surface area contributed by atoms with Crippen molar-refractivity contribution < 1.29 is 17.6 Å². The predicted molar refractivity (Wildman–Crippen MR) is 83.3 cm³/mol. The molecule has 1 amide bonds. The number of carbonyl (C=O) groups excluding carboxylic acids is 1. The number of carbonyl (C=O) groups is 1. The van der Waals surface area contributed by atoms with Crippen LogP contribution in [0.2, 0.25) is 0 Å². The molecular weight excluding hydrogens is 339 g/mol. The molecule has 0 unspecified atom stereocenters. The van der Waals surface area contributed by atoms with E-state index in [0.29, 0.717) is 12.2 Å². The molecule has 8 nitrogen and oxygen atoms in total. The fourth-order valence-corrected chi connectivity index (χ4v) is 3.30. The number of amides is 1. The summed E-state index contributed by atoms with van der Waals surface area (Å²) in [4.78, 5) is 30.0. The molecule has 1 saturated carbocycles. The Kier molecular flexibility index (Phi) is 4.20. The third-order valence-electron chi connectivity index (χ3n) is 4.40. The van der Waals surface area contributed by atoms with E-state index < -0.39 is 21.6 Å². The van der Waals surface area contributed by atoms with Gasteiger partial charge in [-0.3, -0.25) is 14.2 Å². The lowest BCUT2D eigenvalue weighted by Crippen LogP contribution is -2.53. The van der Waals surface area contributed by atoms with E-state index in [0.717, 1.165) is 6.26 Å². The zero-order valence-corrected chi connectivity index (χ0v) is 14.1. The fourth-order valence-electron chi connectivity index (χ4n) is 2.89. The highest BCUT2D eigenvalue weighted by Crippen LogP contribution is 2.37. The molecule has 24 heavy (non-hydrogen) atoms. The van der Waals surface area contributed by atoms with Crippen LogP contribution in [0.1, 0.15) is 30.8 Å². The summed E-state index contributed by atoms with van der Waals surface area (Å²) in [5, 5.41) is 0. The van der Waals surface area contributed by atoms with Crippen molar-refractivity contribution in [2.75, 3.05) is 12.8 Å². The van der Waals surface area contributed by atoms with Crippen molar-refractivity contribution in [1.82, 2.24) is 19.2 Å². The van der Waals surface area contributed by atoms with E-state index in [2.05, 4.69) is 9.71 Å². The Morgan fingerprint density at radius 2 is 2.12 bits per heavy atom. The van der Waals surface area contributed by atoms with Gasteiger partial charge in [-0.05, 0) is 19.3 Å². The van der Waals surface area contributed by atoms with Crippen molar-refractivity contribution in [3.05, 3.63) is 27.9 Å². The lowest BCUT2D eigenvalue weighted by Gasteiger charge is -2.38. The van der Waals surface area contributed by atoms with Gasteiger partial charge in [0.2, 0.25) is 10.0 Å². The molecule has 3 rings (SSSR count). The standard InChI is InChI=1S/C14H19FN4O4S/c1-24(22,23)16-8-10-7-12(20)19-6-5-18(9-11(19)17-10)13(21)14(15)3-2-4-14/h7,16H,2-6,8-9H2,1H3. The Hall–Kier alpha value is -1.81. The lowest BCUT2D eigenvalue weighted by atomic mass is 9.81. The topological polar surface area (TPSA) is 101 Å². The maximum atomic E-state index is 14.3. The molecule has 1 aromatic heterocycles. The number of nitrogens with zero attached hydrogens (tertiary/aromatic N) is 3. The van der Waals surface area contributed by atoms with E-state index in [1.807, 2.05) is 0 Å². The summed E-state index contributed by atoms with van der Waals surface area (Å²) in [6, 6.07) is 1.27. The molecule has 1 aromatic rings. The average Bonchev–Trinajstić information content (AvgIpc) is 2.48. The molecule has 132 valence electrons. The van der Waals surface area contributed by atoms with Crippen LogP contribution < -0.4 is 10.3 Å². The van der Waals surface area contributed by atoms with Crippen LogP contribution in [-0.2, 0) is 34.5 Å². The number of aromatic nitrogens is 2. The van der Waals surface area contributed by atoms with Gasteiger partial charge in [-0.1, -0.05) is 0 Å². The van der Waals surface area contributed by atoms with E-state index in [-0.39, 0.29) is 50.3 Å². The Morgan fingerprint density at radius 1 is 1.42 bits per heavy atom. The summed E-state index contributed by atoms with van der Waals surface area (Å²) in [7, 11) is -3.41. The molecule has 1 aliphatic heterocycles. The zero-order valence-electron chi connectivity index (χ0n) is 13.3. The molecular formula is C14H19FN4O4S. The molecule has 0 saturated heterocycles. The first-order valence-corrected chi connectivity index (χ1v) is 9.60. The molecule has 0 radical (unpaired) electrons. The number of fused-ring (bicyclic) bond motifs is 1. The van der Waals surface area contributed by atoms with E-state index in [1.165, 1.54) is 15.5 Å². The summed E-state index contributed by atoms with van der Waals surface area (Å²) >= 11 is 0. The summed E-state index contributed by atoms with van der Waals surface area (Å²) in [6.07, 6.45) is 2.19. The van der Waals surface area contributed by atoms with Crippen molar-refractivity contribution in [2.45, 2.75) is 44.6 Å². The highest BCUT2D eigenvalue weighted by atomic mass is 32.2. The number of halogens is 1. The van der Waals surface area contributed by atoms with Crippen molar-refractivity contribution in [3.8, 4) is 0 Å². The summed E-state index contributed by atoms with van der Waals surface area (Å²) in [6.45, 7) is 0.457. The maximum absolute atomic E-state index is 14.3. The van der Waals surface area contributed by atoms with Crippen LogP contribution in [0.25, 0.3) is 0 Å². The second kappa shape index (κ2) is 5.92. The molecule has 2 aliphatic rings. The Balaban J connectivity index is 1.80.